The minimum absolute atomic E-state index is 0.00252. The van der Waals surface area contributed by atoms with E-state index in [1.54, 1.807) is 17.0 Å². The summed E-state index contributed by atoms with van der Waals surface area (Å²) in [5, 5.41) is 0. The molecule has 0 radical (unpaired) electrons. The van der Waals surface area contributed by atoms with Crippen LogP contribution in [0.3, 0.4) is 0 Å². The van der Waals surface area contributed by atoms with Crippen LogP contribution in [0.25, 0.3) is 0 Å². The largest absolute Gasteiger partial charge is 0.343 e. The minimum Gasteiger partial charge on any atom is -0.343 e. The molecular weight excluding hydrogens is 366 g/mol. The molecule has 2 aliphatic rings. The van der Waals surface area contributed by atoms with Gasteiger partial charge in [0.05, 0.1) is 4.90 Å². The van der Waals surface area contributed by atoms with Gasteiger partial charge in [-0.25, -0.2) is 13.1 Å². The molecule has 0 saturated carbocycles. The standard InChI is InChI=1S/C19H27N3O4S/c1-14-12-16-13-17(6-7-18(16)22(14)15(2)23)27(25,26)20-9-8-19(24)21-10-4-3-5-11-21/h6-7,13-14,20H,3-5,8-12H2,1-2H3/t14-/m0/s1. The number of sulfonamides is 1. The van der Waals surface area contributed by atoms with Crippen molar-refractivity contribution in [1.82, 2.24) is 9.62 Å². The van der Waals surface area contributed by atoms with Crippen LogP contribution in [-0.2, 0) is 26.0 Å². The van der Waals surface area contributed by atoms with Crippen LogP contribution in [0.4, 0.5) is 5.69 Å². The van der Waals surface area contributed by atoms with Gasteiger partial charge in [-0.2, -0.15) is 0 Å². The molecule has 2 amide bonds. The third-order valence-electron chi connectivity index (χ3n) is 5.26. The summed E-state index contributed by atoms with van der Waals surface area (Å²) in [4.78, 5) is 27.6. The molecular formula is C19H27N3O4S. The average molecular weight is 394 g/mol. The number of carbonyl (C=O) groups excluding carboxylic acids is 2. The predicted molar refractivity (Wildman–Crippen MR) is 103 cm³/mol. The molecule has 0 spiro atoms. The van der Waals surface area contributed by atoms with E-state index in [4.69, 9.17) is 0 Å². The van der Waals surface area contributed by atoms with Crippen LogP contribution in [-0.4, -0.2) is 50.8 Å². The van der Waals surface area contributed by atoms with Gasteiger partial charge >= 0.3 is 0 Å². The summed E-state index contributed by atoms with van der Waals surface area (Å²) in [5.41, 5.74) is 1.62. The lowest BCUT2D eigenvalue weighted by Crippen LogP contribution is -2.37. The van der Waals surface area contributed by atoms with Crippen molar-refractivity contribution in [3.05, 3.63) is 23.8 Å². The van der Waals surface area contributed by atoms with Gasteiger partial charge in [0.15, 0.2) is 0 Å². The van der Waals surface area contributed by atoms with Crippen LogP contribution < -0.4 is 9.62 Å². The van der Waals surface area contributed by atoms with Gasteiger partial charge in [0, 0.05) is 44.7 Å². The van der Waals surface area contributed by atoms with E-state index < -0.39 is 10.0 Å². The van der Waals surface area contributed by atoms with Gasteiger partial charge in [0.1, 0.15) is 0 Å². The van der Waals surface area contributed by atoms with Gasteiger partial charge in [-0.3, -0.25) is 9.59 Å². The number of benzene rings is 1. The number of nitrogens with one attached hydrogen (secondary N) is 1. The lowest BCUT2D eigenvalue weighted by atomic mass is 10.1. The zero-order valence-electron chi connectivity index (χ0n) is 15.9. The second kappa shape index (κ2) is 7.98. The number of carbonyl (C=O) groups is 2. The van der Waals surface area contributed by atoms with Crippen LogP contribution >= 0.6 is 0 Å². The normalized spacial score (nSPS) is 19.9. The van der Waals surface area contributed by atoms with Crippen LogP contribution in [0.2, 0.25) is 0 Å². The maximum absolute atomic E-state index is 12.6. The molecule has 0 bridgehead atoms. The Morgan fingerprint density at radius 2 is 1.89 bits per heavy atom. The molecule has 1 aromatic carbocycles. The maximum Gasteiger partial charge on any atom is 0.240 e. The predicted octanol–water partition coefficient (Wildman–Crippen LogP) is 1.66. The number of hydrogen-bond acceptors (Lipinski definition) is 4. The lowest BCUT2D eigenvalue weighted by molar-refractivity contribution is -0.131. The number of piperidine rings is 1. The van der Waals surface area contributed by atoms with Crippen LogP contribution in [0.5, 0.6) is 0 Å². The molecule has 7 nitrogen and oxygen atoms in total. The molecule has 0 aromatic heterocycles. The van der Waals surface area contributed by atoms with Crippen LogP contribution in [0.15, 0.2) is 23.1 Å². The molecule has 0 unspecified atom stereocenters. The number of amides is 2. The fraction of sp³-hybridized carbons (Fsp3) is 0.579. The first kappa shape index (κ1) is 19.8. The van der Waals surface area contributed by atoms with Gasteiger partial charge in [-0.05, 0) is 56.4 Å². The zero-order chi connectivity index (χ0) is 19.6. The highest BCUT2D eigenvalue weighted by Crippen LogP contribution is 2.33. The smallest absolute Gasteiger partial charge is 0.240 e. The Kier molecular flexibility index (Phi) is 5.86. The van der Waals surface area contributed by atoms with Gasteiger partial charge < -0.3 is 9.80 Å². The first-order valence-electron chi connectivity index (χ1n) is 9.50. The van der Waals surface area contributed by atoms with E-state index in [-0.39, 0.29) is 35.7 Å². The van der Waals surface area contributed by atoms with E-state index >= 15 is 0 Å². The van der Waals surface area contributed by atoms with E-state index in [2.05, 4.69) is 4.72 Å². The Bertz CT molecular complexity index is 831. The van der Waals surface area contributed by atoms with Crippen molar-refractivity contribution in [2.24, 2.45) is 0 Å². The van der Waals surface area contributed by atoms with Gasteiger partial charge in [0.25, 0.3) is 0 Å². The number of fused-ring (bicyclic) bond motifs is 1. The van der Waals surface area contributed by atoms with Crippen molar-refractivity contribution in [2.75, 3.05) is 24.5 Å². The molecule has 1 saturated heterocycles. The Morgan fingerprint density at radius 1 is 1.19 bits per heavy atom. The second-order valence-corrected chi connectivity index (χ2v) is 9.09. The van der Waals surface area contributed by atoms with Gasteiger partial charge in [-0.1, -0.05) is 0 Å². The summed E-state index contributed by atoms with van der Waals surface area (Å²) in [6.45, 7) is 5.07. The third-order valence-corrected chi connectivity index (χ3v) is 6.71. The number of rotatable bonds is 5. The highest BCUT2D eigenvalue weighted by atomic mass is 32.2. The SMILES string of the molecule is CC(=O)N1c2ccc(S(=O)(=O)NCCC(=O)N3CCCCC3)cc2C[C@@H]1C. The summed E-state index contributed by atoms with van der Waals surface area (Å²) >= 11 is 0. The molecule has 2 heterocycles. The van der Waals surface area contributed by atoms with E-state index in [0.717, 1.165) is 43.6 Å². The molecule has 8 heteroatoms. The zero-order valence-corrected chi connectivity index (χ0v) is 16.7. The van der Waals surface area contributed by atoms with E-state index in [1.165, 1.54) is 13.0 Å². The molecule has 0 aliphatic carbocycles. The van der Waals surface area contributed by atoms with E-state index in [0.29, 0.717) is 6.42 Å². The molecule has 1 fully saturated rings. The van der Waals surface area contributed by atoms with Gasteiger partial charge in [0.2, 0.25) is 21.8 Å². The molecule has 27 heavy (non-hydrogen) atoms. The summed E-state index contributed by atoms with van der Waals surface area (Å²) in [7, 11) is -3.69. The lowest BCUT2D eigenvalue weighted by Gasteiger charge is -2.26. The van der Waals surface area contributed by atoms with Gasteiger partial charge in [-0.15, -0.1) is 0 Å². The molecule has 1 atom stereocenters. The molecule has 1 aromatic rings. The highest BCUT2D eigenvalue weighted by molar-refractivity contribution is 7.89. The van der Waals surface area contributed by atoms with E-state index in [9.17, 15) is 18.0 Å². The van der Waals surface area contributed by atoms with Crippen molar-refractivity contribution in [3.8, 4) is 0 Å². The van der Waals surface area contributed by atoms with Crippen molar-refractivity contribution in [3.63, 3.8) is 0 Å². The number of nitrogens with zero attached hydrogens (tertiary/aromatic N) is 2. The Morgan fingerprint density at radius 3 is 2.56 bits per heavy atom. The monoisotopic (exact) mass is 393 g/mol. The van der Waals surface area contributed by atoms with Crippen molar-refractivity contribution < 1.29 is 18.0 Å². The van der Waals surface area contributed by atoms with Crippen LogP contribution in [0, 0.1) is 0 Å². The van der Waals surface area contributed by atoms with Crippen molar-refractivity contribution >= 4 is 27.5 Å². The number of anilines is 1. The third kappa shape index (κ3) is 4.32. The quantitative estimate of drug-likeness (QED) is 0.824. The van der Waals surface area contributed by atoms with Crippen molar-refractivity contribution in [2.45, 2.75) is 56.9 Å². The summed E-state index contributed by atoms with van der Waals surface area (Å²) in [6.07, 6.45) is 3.98. The minimum atomic E-state index is -3.69. The summed E-state index contributed by atoms with van der Waals surface area (Å²) < 4.78 is 27.7. The molecule has 148 valence electrons. The average Bonchev–Trinajstić information content (AvgIpc) is 2.97. The Labute approximate surface area is 160 Å². The maximum atomic E-state index is 12.6. The first-order valence-corrected chi connectivity index (χ1v) is 11.0. The number of likely N-dealkylation sites (tertiary alicyclic amines) is 1. The second-order valence-electron chi connectivity index (χ2n) is 7.32. The highest BCUT2D eigenvalue weighted by Gasteiger charge is 2.30. The summed E-state index contributed by atoms with van der Waals surface area (Å²) in [5.74, 6) is -0.0523. The Hall–Kier alpha value is -1.93. The fourth-order valence-electron chi connectivity index (χ4n) is 3.93. The number of hydrogen-bond donors (Lipinski definition) is 1. The summed E-state index contributed by atoms with van der Waals surface area (Å²) in [6, 6.07) is 4.85. The fourth-order valence-corrected chi connectivity index (χ4v) is 5.01. The first-order chi connectivity index (χ1) is 12.8. The molecule has 1 N–H and O–H groups in total. The molecule has 2 aliphatic heterocycles. The Balaban J connectivity index is 1.63. The van der Waals surface area contributed by atoms with Crippen molar-refractivity contribution in [1.29, 1.82) is 0 Å². The molecule has 3 rings (SSSR count). The topological polar surface area (TPSA) is 86.8 Å². The van der Waals surface area contributed by atoms with E-state index in [1.807, 2.05) is 11.8 Å². The van der Waals surface area contributed by atoms with Crippen LogP contribution in [0.1, 0.15) is 45.1 Å².